The molecule has 3 heteroatoms. The van der Waals surface area contributed by atoms with E-state index < -0.39 is 0 Å². The molecule has 1 aliphatic heterocycles. The van der Waals surface area contributed by atoms with Crippen molar-refractivity contribution in [1.29, 1.82) is 0 Å². The molecule has 1 aliphatic rings. The van der Waals surface area contributed by atoms with Crippen molar-refractivity contribution in [2.24, 2.45) is 0 Å². The number of ether oxygens (including phenoxy) is 1. The predicted molar refractivity (Wildman–Crippen MR) is 73.9 cm³/mol. The zero-order valence-electron chi connectivity index (χ0n) is 9.92. The van der Waals surface area contributed by atoms with Crippen LogP contribution in [0.4, 0.5) is 5.69 Å². The molecule has 2 aromatic carbocycles. The highest BCUT2D eigenvalue weighted by Crippen LogP contribution is 2.34. The van der Waals surface area contributed by atoms with Crippen molar-refractivity contribution in [3.8, 4) is 0 Å². The first kappa shape index (κ1) is 11.6. The van der Waals surface area contributed by atoms with Crippen LogP contribution in [-0.4, -0.2) is 13.3 Å². The van der Waals surface area contributed by atoms with E-state index in [0.717, 1.165) is 10.6 Å². The monoisotopic (exact) mass is 259 g/mol. The van der Waals surface area contributed by atoms with Crippen LogP contribution in [0.25, 0.3) is 0 Å². The minimum Gasteiger partial charge on any atom is -0.359 e. The molecule has 0 bridgehead atoms. The van der Waals surface area contributed by atoms with E-state index in [2.05, 4.69) is 23.1 Å². The Morgan fingerprint density at radius 2 is 1.72 bits per heavy atom. The zero-order valence-corrected chi connectivity index (χ0v) is 10.7. The predicted octanol–water partition coefficient (Wildman–Crippen LogP) is 3.88. The van der Waals surface area contributed by atoms with Crippen molar-refractivity contribution in [2.75, 3.05) is 18.2 Å². The van der Waals surface area contributed by atoms with Crippen LogP contribution in [0.1, 0.15) is 11.6 Å². The molecular weight excluding hydrogens is 246 g/mol. The normalized spacial score (nSPS) is 19.2. The van der Waals surface area contributed by atoms with Gasteiger partial charge in [0.2, 0.25) is 0 Å². The summed E-state index contributed by atoms with van der Waals surface area (Å²) < 4.78 is 5.60. The van der Waals surface area contributed by atoms with Crippen LogP contribution in [0.2, 0.25) is 5.02 Å². The van der Waals surface area contributed by atoms with Crippen LogP contribution in [0.15, 0.2) is 54.6 Å². The summed E-state index contributed by atoms with van der Waals surface area (Å²) in [6, 6.07) is 18.4. The second kappa shape index (κ2) is 5.01. The summed E-state index contributed by atoms with van der Waals surface area (Å²) in [5, 5.41) is 0.800. The van der Waals surface area contributed by atoms with Crippen molar-refractivity contribution in [1.82, 2.24) is 0 Å². The topological polar surface area (TPSA) is 12.5 Å². The van der Waals surface area contributed by atoms with Crippen molar-refractivity contribution in [2.45, 2.75) is 6.04 Å². The molecule has 18 heavy (non-hydrogen) atoms. The average molecular weight is 260 g/mol. The largest absolute Gasteiger partial charge is 0.359 e. The second-order valence-corrected chi connectivity index (χ2v) is 4.75. The third-order valence-electron chi connectivity index (χ3n) is 3.23. The third-order valence-corrected chi connectivity index (χ3v) is 3.58. The van der Waals surface area contributed by atoms with Gasteiger partial charge in [-0.2, -0.15) is 0 Å². The van der Waals surface area contributed by atoms with Crippen LogP contribution in [0.5, 0.6) is 0 Å². The Balaban J connectivity index is 1.95. The molecule has 0 spiro atoms. The number of anilines is 1. The van der Waals surface area contributed by atoms with Gasteiger partial charge < -0.3 is 9.64 Å². The SMILES string of the molecule is Clc1ccccc1C1COCN1c1ccccc1. The molecule has 2 aromatic rings. The van der Waals surface area contributed by atoms with E-state index in [1.807, 2.05) is 36.4 Å². The third kappa shape index (κ3) is 2.09. The van der Waals surface area contributed by atoms with Gasteiger partial charge in [0.05, 0.1) is 12.6 Å². The van der Waals surface area contributed by atoms with Gasteiger partial charge in [-0.25, -0.2) is 0 Å². The summed E-state index contributed by atoms with van der Waals surface area (Å²) in [5.74, 6) is 0. The van der Waals surface area contributed by atoms with E-state index in [0.29, 0.717) is 13.3 Å². The standard InChI is InChI=1S/C15H14ClNO/c16-14-9-5-4-8-13(14)15-10-18-11-17(15)12-6-2-1-3-7-12/h1-9,15H,10-11H2. The van der Waals surface area contributed by atoms with E-state index in [4.69, 9.17) is 16.3 Å². The smallest absolute Gasteiger partial charge is 0.119 e. The van der Waals surface area contributed by atoms with Crippen LogP contribution in [-0.2, 0) is 4.74 Å². The van der Waals surface area contributed by atoms with Crippen molar-refractivity contribution < 1.29 is 4.74 Å². The molecule has 0 N–H and O–H groups in total. The van der Waals surface area contributed by atoms with Gasteiger partial charge in [0, 0.05) is 10.7 Å². The van der Waals surface area contributed by atoms with Gasteiger partial charge in [-0.1, -0.05) is 48.0 Å². The summed E-state index contributed by atoms with van der Waals surface area (Å²) in [4.78, 5) is 2.24. The molecule has 0 aromatic heterocycles. The molecule has 92 valence electrons. The first-order valence-electron chi connectivity index (χ1n) is 6.00. The van der Waals surface area contributed by atoms with Crippen molar-refractivity contribution in [3.63, 3.8) is 0 Å². The summed E-state index contributed by atoms with van der Waals surface area (Å²) in [6.07, 6.45) is 0. The fourth-order valence-electron chi connectivity index (χ4n) is 2.32. The molecule has 1 unspecified atom stereocenters. The van der Waals surface area contributed by atoms with Gasteiger partial charge in [0.25, 0.3) is 0 Å². The van der Waals surface area contributed by atoms with Gasteiger partial charge in [-0.3, -0.25) is 0 Å². The molecule has 0 amide bonds. The van der Waals surface area contributed by atoms with Crippen LogP contribution in [0, 0.1) is 0 Å². The Morgan fingerprint density at radius 3 is 2.50 bits per heavy atom. The maximum Gasteiger partial charge on any atom is 0.119 e. The van der Waals surface area contributed by atoms with E-state index in [-0.39, 0.29) is 6.04 Å². The molecule has 1 heterocycles. The van der Waals surface area contributed by atoms with Gasteiger partial charge in [0.1, 0.15) is 6.73 Å². The number of halogens is 1. The van der Waals surface area contributed by atoms with Gasteiger partial charge >= 0.3 is 0 Å². The molecule has 0 radical (unpaired) electrons. The maximum atomic E-state index is 6.27. The number of rotatable bonds is 2. The summed E-state index contributed by atoms with van der Waals surface area (Å²) >= 11 is 6.27. The lowest BCUT2D eigenvalue weighted by Gasteiger charge is -2.25. The summed E-state index contributed by atoms with van der Waals surface area (Å²) in [6.45, 7) is 1.29. The molecule has 1 saturated heterocycles. The molecule has 1 fully saturated rings. The van der Waals surface area contributed by atoms with Gasteiger partial charge in [0.15, 0.2) is 0 Å². The molecule has 0 saturated carbocycles. The Kier molecular flexibility index (Phi) is 3.22. The minimum absolute atomic E-state index is 0.195. The molecule has 3 rings (SSSR count). The second-order valence-electron chi connectivity index (χ2n) is 4.34. The Labute approximate surface area is 112 Å². The Hall–Kier alpha value is -1.51. The lowest BCUT2D eigenvalue weighted by atomic mass is 10.1. The number of nitrogens with zero attached hydrogens (tertiary/aromatic N) is 1. The van der Waals surface area contributed by atoms with Gasteiger partial charge in [-0.05, 0) is 23.8 Å². The lowest BCUT2D eigenvalue weighted by Crippen LogP contribution is -2.23. The Bertz CT molecular complexity index is 529. The molecule has 0 aliphatic carbocycles. The fraction of sp³-hybridized carbons (Fsp3) is 0.200. The van der Waals surface area contributed by atoms with Crippen LogP contribution >= 0.6 is 11.6 Å². The highest BCUT2D eigenvalue weighted by molar-refractivity contribution is 6.31. The van der Waals surface area contributed by atoms with Gasteiger partial charge in [-0.15, -0.1) is 0 Å². The average Bonchev–Trinajstić information content (AvgIpc) is 2.89. The van der Waals surface area contributed by atoms with E-state index in [9.17, 15) is 0 Å². The van der Waals surface area contributed by atoms with Crippen LogP contribution in [0.3, 0.4) is 0 Å². The summed E-state index contributed by atoms with van der Waals surface area (Å²) in [7, 11) is 0. The van der Waals surface area contributed by atoms with E-state index in [1.54, 1.807) is 0 Å². The Morgan fingerprint density at radius 1 is 1.00 bits per heavy atom. The quantitative estimate of drug-likeness (QED) is 0.812. The highest BCUT2D eigenvalue weighted by Gasteiger charge is 2.28. The number of hydrogen-bond acceptors (Lipinski definition) is 2. The lowest BCUT2D eigenvalue weighted by molar-refractivity contribution is 0.194. The van der Waals surface area contributed by atoms with Crippen molar-refractivity contribution >= 4 is 17.3 Å². The highest BCUT2D eigenvalue weighted by atomic mass is 35.5. The fourth-order valence-corrected chi connectivity index (χ4v) is 2.58. The molecule has 2 nitrogen and oxygen atoms in total. The van der Waals surface area contributed by atoms with Crippen molar-refractivity contribution in [3.05, 3.63) is 65.2 Å². The first-order chi connectivity index (χ1) is 8.86. The zero-order chi connectivity index (χ0) is 12.4. The molecular formula is C15H14ClNO. The summed E-state index contributed by atoms with van der Waals surface area (Å²) in [5.41, 5.74) is 2.29. The van der Waals surface area contributed by atoms with Crippen LogP contribution < -0.4 is 4.90 Å². The first-order valence-corrected chi connectivity index (χ1v) is 6.38. The minimum atomic E-state index is 0.195. The number of para-hydroxylation sites is 1. The number of benzene rings is 2. The number of hydrogen-bond donors (Lipinski definition) is 0. The maximum absolute atomic E-state index is 6.27. The van der Waals surface area contributed by atoms with E-state index in [1.165, 1.54) is 5.69 Å². The van der Waals surface area contributed by atoms with E-state index >= 15 is 0 Å². The molecule has 1 atom stereocenters.